The number of hydrogen-bond acceptors (Lipinski definition) is 9. The molecule has 0 spiro atoms. The van der Waals surface area contributed by atoms with Gasteiger partial charge in [0.2, 0.25) is 0 Å². The van der Waals surface area contributed by atoms with E-state index in [-0.39, 0.29) is 19.1 Å². The van der Waals surface area contributed by atoms with Crippen LogP contribution in [-0.2, 0) is 40.1 Å². The Bertz CT molecular complexity index is 1910. The van der Waals surface area contributed by atoms with Gasteiger partial charge in [0.25, 0.3) is 5.91 Å². The van der Waals surface area contributed by atoms with Gasteiger partial charge in [0.05, 0.1) is 20.3 Å². The lowest BCUT2D eigenvalue weighted by molar-refractivity contribution is -0.395. The Morgan fingerprint density at radius 1 is 0.774 bits per heavy atom. The van der Waals surface area contributed by atoms with E-state index >= 15 is 0 Å². The van der Waals surface area contributed by atoms with Crippen molar-refractivity contribution < 1.29 is 43.0 Å². The summed E-state index contributed by atoms with van der Waals surface area (Å²) >= 11 is 0. The van der Waals surface area contributed by atoms with E-state index in [2.05, 4.69) is 29.6 Å². The van der Waals surface area contributed by atoms with Gasteiger partial charge in [0.15, 0.2) is 18.7 Å². The summed E-state index contributed by atoms with van der Waals surface area (Å²) in [4.78, 5) is 37.8. The second kappa shape index (κ2) is 17.3. The maximum Gasteiger partial charge on any atom is 0.339 e. The molecule has 0 saturated carbocycles. The van der Waals surface area contributed by atoms with Crippen LogP contribution in [0.15, 0.2) is 140 Å². The normalized spacial score (nSPS) is 22.4. The van der Waals surface area contributed by atoms with E-state index in [0.29, 0.717) is 11.3 Å². The molecule has 0 unspecified atom stereocenters. The third-order valence-corrected chi connectivity index (χ3v) is 11.5. The van der Waals surface area contributed by atoms with Gasteiger partial charge in [0, 0.05) is 18.1 Å². The number of amides is 1. The van der Waals surface area contributed by atoms with E-state index in [1.54, 1.807) is 7.11 Å². The molecule has 2 aliphatic heterocycles. The number of carbonyl (C=O) groups is 2. The minimum absolute atomic E-state index is 0.119. The van der Waals surface area contributed by atoms with E-state index in [0.717, 1.165) is 27.0 Å². The third kappa shape index (κ3) is 8.66. The number of ether oxygens (including phenoxy) is 5. The number of benzene rings is 5. The highest BCUT2D eigenvalue weighted by Gasteiger charge is 2.53. The summed E-state index contributed by atoms with van der Waals surface area (Å²) in [6, 6.07) is 43.8. The summed E-state index contributed by atoms with van der Waals surface area (Å²) < 4.78 is 30.8. The highest BCUT2D eigenvalue weighted by atomic mass is 31.1. The Morgan fingerprint density at radius 2 is 1.40 bits per heavy atom. The van der Waals surface area contributed by atoms with Crippen LogP contribution in [0.4, 0.5) is 0 Å². The molecule has 7 rings (SSSR count). The first-order valence-corrected chi connectivity index (χ1v) is 18.7. The van der Waals surface area contributed by atoms with Gasteiger partial charge in [-0.25, -0.2) is 4.79 Å². The molecule has 2 saturated heterocycles. The fraction of sp³-hybridized carbons (Fsp3) is 0.238. The van der Waals surface area contributed by atoms with E-state index in [9.17, 15) is 9.59 Å². The van der Waals surface area contributed by atoms with Crippen molar-refractivity contribution in [1.82, 2.24) is 5.32 Å². The summed E-state index contributed by atoms with van der Waals surface area (Å²) in [5.74, 6) is -0.361. The summed E-state index contributed by atoms with van der Waals surface area (Å²) in [6.45, 7) is 1.54. The second-order valence-corrected chi connectivity index (χ2v) is 14.7. The first-order chi connectivity index (χ1) is 26.0. The van der Waals surface area contributed by atoms with Gasteiger partial charge in [-0.15, -0.1) is 0 Å². The Labute approximate surface area is 309 Å². The Morgan fingerprint density at radius 3 is 2.04 bits per heavy atom. The molecule has 1 N–H and O–H groups in total. The summed E-state index contributed by atoms with van der Waals surface area (Å²) in [7, 11) is 0.475. The van der Waals surface area contributed by atoms with Crippen molar-refractivity contribution in [2.24, 2.45) is 0 Å². The first-order valence-electron chi connectivity index (χ1n) is 17.3. The summed E-state index contributed by atoms with van der Waals surface area (Å²) in [5, 5.41) is 6.22. The summed E-state index contributed by atoms with van der Waals surface area (Å²) in [6.07, 6.45) is -4.41. The number of nitrogens with one attached hydrogen (secondary N) is 1. The van der Waals surface area contributed by atoms with Gasteiger partial charge in [0.1, 0.15) is 24.0 Å². The molecule has 11 heteroatoms. The van der Waals surface area contributed by atoms with Crippen molar-refractivity contribution in [3.05, 3.63) is 156 Å². The standard InChI is InChI=1S/C42H40NO9P/c1-28(44)51-52-39-37(43-40(45)34-20-12-13-21-36(34)53(32-16-8-4-9-17-32)33-18-10-5-11-19-33)42(47-26-29-14-6-3-7-15-29)49-35-27-48-41(50-38(35)39)30-22-24-31(46-2)25-23-30/h3-25,35,37-39,41-42H,26-27H2,1-2H3,(H,43,45)/t35-,37-,38-,39-,41-,42+/m1/s1. The van der Waals surface area contributed by atoms with Crippen LogP contribution in [0.5, 0.6) is 5.75 Å². The molecule has 0 bridgehead atoms. The van der Waals surface area contributed by atoms with Crippen LogP contribution < -0.4 is 26.0 Å². The van der Waals surface area contributed by atoms with E-state index in [1.165, 1.54) is 6.92 Å². The van der Waals surface area contributed by atoms with Crippen LogP contribution in [0.25, 0.3) is 0 Å². The SMILES string of the molecule is COc1ccc([C@@H]2OC[C@H]3O[C@H](OCc4ccccc4)[C@H](NC(=O)c4ccccc4P(c4ccccc4)c4ccccc4)[C@@H](OOC(C)=O)[C@@H]3O2)cc1. The van der Waals surface area contributed by atoms with Crippen molar-refractivity contribution >= 4 is 35.7 Å². The molecule has 0 radical (unpaired) electrons. The maximum atomic E-state index is 14.7. The molecule has 5 aromatic carbocycles. The molecule has 2 fully saturated rings. The second-order valence-electron chi connectivity index (χ2n) is 12.5. The lowest BCUT2D eigenvalue weighted by Gasteiger charge is -2.48. The van der Waals surface area contributed by atoms with Gasteiger partial charge in [-0.3, -0.25) is 9.68 Å². The fourth-order valence-corrected chi connectivity index (χ4v) is 8.91. The van der Waals surface area contributed by atoms with Crippen LogP contribution in [0, 0.1) is 0 Å². The number of fused-ring (bicyclic) bond motifs is 1. The van der Waals surface area contributed by atoms with Gasteiger partial charge >= 0.3 is 5.97 Å². The summed E-state index contributed by atoms with van der Waals surface area (Å²) in [5.41, 5.74) is 2.12. The smallest absolute Gasteiger partial charge is 0.339 e. The molecule has 2 aliphatic rings. The molecule has 5 aromatic rings. The molecular formula is C42H40NO9P. The van der Waals surface area contributed by atoms with Gasteiger partial charge in [-0.2, -0.15) is 4.89 Å². The predicted molar refractivity (Wildman–Crippen MR) is 199 cm³/mol. The van der Waals surface area contributed by atoms with E-state index in [4.69, 9.17) is 33.5 Å². The monoisotopic (exact) mass is 733 g/mol. The van der Waals surface area contributed by atoms with Crippen molar-refractivity contribution in [2.75, 3.05) is 13.7 Å². The Hall–Kier alpha value is -4.93. The van der Waals surface area contributed by atoms with Crippen molar-refractivity contribution in [1.29, 1.82) is 0 Å². The van der Waals surface area contributed by atoms with Gasteiger partial charge in [-0.05, 0) is 47.6 Å². The minimum atomic E-state index is -1.12. The fourth-order valence-electron chi connectivity index (χ4n) is 6.46. The van der Waals surface area contributed by atoms with E-state index < -0.39 is 50.8 Å². The largest absolute Gasteiger partial charge is 0.497 e. The van der Waals surface area contributed by atoms with Crippen LogP contribution in [0.2, 0.25) is 0 Å². The number of hydrogen-bond donors (Lipinski definition) is 1. The molecule has 1 amide bonds. The molecule has 10 nitrogen and oxygen atoms in total. The number of rotatable bonds is 12. The number of methoxy groups -OCH3 is 1. The van der Waals surface area contributed by atoms with Crippen molar-refractivity contribution in [3.8, 4) is 5.75 Å². The zero-order valence-electron chi connectivity index (χ0n) is 29.3. The topological polar surface area (TPSA) is 111 Å². The lowest BCUT2D eigenvalue weighted by Crippen LogP contribution is -2.67. The highest BCUT2D eigenvalue weighted by molar-refractivity contribution is 7.80. The third-order valence-electron chi connectivity index (χ3n) is 8.98. The molecule has 6 atom stereocenters. The first kappa shape index (κ1) is 36.4. The van der Waals surface area contributed by atoms with Crippen molar-refractivity contribution in [2.45, 2.75) is 50.5 Å². The maximum absolute atomic E-state index is 14.7. The number of carbonyl (C=O) groups excluding carboxylic acids is 2. The Balaban J connectivity index is 1.24. The predicted octanol–water partition coefficient (Wildman–Crippen LogP) is 5.47. The molecule has 0 aromatic heterocycles. The zero-order chi connectivity index (χ0) is 36.6. The zero-order valence-corrected chi connectivity index (χ0v) is 30.2. The highest BCUT2D eigenvalue weighted by Crippen LogP contribution is 2.38. The molecule has 272 valence electrons. The molecule has 0 aliphatic carbocycles. The quantitative estimate of drug-likeness (QED) is 0.101. The molecular weight excluding hydrogens is 693 g/mol. The van der Waals surface area contributed by atoms with Crippen LogP contribution >= 0.6 is 7.92 Å². The van der Waals surface area contributed by atoms with Crippen LogP contribution in [0.3, 0.4) is 0 Å². The Kier molecular flexibility index (Phi) is 11.9. The molecule has 2 heterocycles. The average Bonchev–Trinajstić information content (AvgIpc) is 3.21. The van der Waals surface area contributed by atoms with Gasteiger partial charge in [-0.1, -0.05) is 121 Å². The average molecular weight is 734 g/mol. The molecule has 53 heavy (non-hydrogen) atoms. The van der Waals surface area contributed by atoms with Crippen LogP contribution in [-0.4, -0.2) is 56.2 Å². The lowest BCUT2D eigenvalue weighted by atomic mass is 9.95. The minimum Gasteiger partial charge on any atom is -0.497 e. The van der Waals surface area contributed by atoms with E-state index in [1.807, 2.05) is 115 Å². The van der Waals surface area contributed by atoms with Crippen LogP contribution in [0.1, 0.15) is 34.7 Å². The van der Waals surface area contributed by atoms with Gasteiger partial charge < -0.3 is 29.0 Å². The van der Waals surface area contributed by atoms with Crippen molar-refractivity contribution in [3.63, 3.8) is 0 Å².